The number of carbonyl (C=O) groups is 2. The Morgan fingerprint density at radius 2 is 1.78 bits per heavy atom. The fraction of sp³-hybridized carbons (Fsp3) is 0.0870. The second kappa shape index (κ2) is 8.97. The fourth-order valence-corrected chi connectivity index (χ4v) is 3.73. The van der Waals surface area contributed by atoms with Crippen LogP contribution in [0.15, 0.2) is 69.1 Å². The van der Waals surface area contributed by atoms with Crippen LogP contribution in [0.25, 0.3) is 17.4 Å². The normalized spacial score (nSPS) is 15.2. The first kappa shape index (κ1) is 21.8. The summed E-state index contributed by atoms with van der Waals surface area (Å²) in [5.41, 5.74) is 1.13. The molecule has 3 aromatic rings. The Hall–Kier alpha value is -3.43. The standard InChI is InChI=1S/C23H17BrN2O5S/c1-29-15-7-9-18(20(12-15)30-2)26-22(28)17(21(27)25-23(26)32)11-16-8-10-19(31-16)13-3-5-14(24)6-4-13/h3-12H,1-2H3,(H,25,27,32)/b17-11-. The summed E-state index contributed by atoms with van der Waals surface area (Å²) >= 11 is 8.66. The summed E-state index contributed by atoms with van der Waals surface area (Å²) in [5, 5.41) is 2.50. The third-order valence-corrected chi connectivity index (χ3v) is 5.58. The first-order valence-electron chi connectivity index (χ1n) is 9.40. The number of carbonyl (C=O) groups excluding carboxylic acids is 2. The lowest BCUT2D eigenvalue weighted by Gasteiger charge is -2.29. The Balaban J connectivity index is 1.69. The van der Waals surface area contributed by atoms with Crippen molar-refractivity contribution in [2.75, 3.05) is 19.1 Å². The molecular weight excluding hydrogens is 496 g/mol. The lowest BCUT2D eigenvalue weighted by atomic mass is 10.1. The summed E-state index contributed by atoms with van der Waals surface area (Å²) in [4.78, 5) is 27.0. The topological polar surface area (TPSA) is 81.0 Å². The van der Waals surface area contributed by atoms with Crippen LogP contribution in [0, 0.1) is 0 Å². The van der Waals surface area contributed by atoms with Crippen LogP contribution in [-0.2, 0) is 9.59 Å². The number of ether oxygens (including phenoxy) is 2. The average molecular weight is 513 g/mol. The van der Waals surface area contributed by atoms with Gasteiger partial charge < -0.3 is 13.9 Å². The highest BCUT2D eigenvalue weighted by Crippen LogP contribution is 2.34. The molecule has 1 aliphatic rings. The summed E-state index contributed by atoms with van der Waals surface area (Å²) in [6, 6.07) is 16.0. The monoisotopic (exact) mass is 512 g/mol. The molecule has 0 spiro atoms. The molecule has 2 heterocycles. The molecule has 4 rings (SSSR count). The Bertz CT molecular complexity index is 1250. The smallest absolute Gasteiger partial charge is 0.270 e. The Morgan fingerprint density at radius 1 is 1.03 bits per heavy atom. The number of rotatable bonds is 5. The molecule has 1 aliphatic heterocycles. The van der Waals surface area contributed by atoms with Gasteiger partial charge in [0.05, 0.1) is 19.9 Å². The van der Waals surface area contributed by atoms with Gasteiger partial charge in [-0.25, -0.2) is 4.90 Å². The molecule has 32 heavy (non-hydrogen) atoms. The molecular formula is C23H17BrN2O5S. The lowest BCUT2D eigenvalue weighted by molar-refractivity contribution is -0.122. The van der Waals surface area contributed by atoms with Gasteiger partial charge in [0, 0.05) is 16.1 Å². The van der Waals surface area contributed by atoms with Gasteiger partial charge in [-0.2, -0.15) is 0 Å². The van der Waals surface area contributed by atoms with E-state index in [2.05, 4.69) is 21.2 Å². The minimum Gasteiger partial charge on any atom is -0.497 e. The zero-order chi connectivity index (χ0) is 22.8. The maximum absolute atomic E-state index is 13.3. The van der Waals surface area contributed by atoms with E-state index in [-0.39, 0.29) is 10.7 Å². The zero-order valence-corrected chi connectivity index (χ0v) is 19.5. The van der Waals surface area contributed by atoms with E-state index in [0.29, 0.717) is 28.7 Å². The molecule has 0 atom stereocenters. The molecule has 2 amide bonds. The van der Waals surface area contributed by atoms with Gasteiger partial charge in [0.25, 0.3) is 11.8 Å². The number of benzene rings is 2. The molecule has 1 aromatic heterocycles. The first-order valence-corrected chi connectivity index (χ1v) is 10.6. The summed E-state index contributed by atoms with van der Waals surface area (Å²) in [7, 11) is 3.00. The van der Waals surface area contributed by atoms with Gasteiger partial charge in [0.15, 0.2) is 5.11 Å². The predicted molar refractivity (Wildman–Crippen MR) is 128 cm³/mol. The van der Waals surface area contributed by atoms with Crippen molar-refractivity contribution in [2.24, 2.45) is 0 Å². The molecule has 0 bridgehead atoms. The maximum atomic E-state index is 13.3. The number of hydrogen-bond donors (Lipinski definition) is 1. The van der Waals surface area contributed by atoms with E-state index in [9.17, 15) is 9.59 Å². The number of nitrogens with one attached hydrogen (secondary N) is 1. The Kier molecular flexibility index (Phi) is 6.11. The molecule has 0 unspecified atom stereocenters. The predicted octanol–water partition coefficient (Wildman–Crippen LogP) is 4.56. The molecule has 0 aliphatic carbocycles. The molecule has 2 aromatic carbocycles. The minimum atomic E-state index is -0.606. The largest absolute Gasteiger partial charge is 0.497 e. The number of hydrogen-bond acceptors (Lipinski definition) is 6. The van der Waals surface area contributed by atoms with E-state index in [1.54, 1.807) is 30.3 Å². The van der Waals surface area contributed by atoms with Crippen LogP contribution in [0.5, 0.6) is 11.5 Å². The van der Waals surface area contributed by atoms with Crippen molar-refractivity contribution in [3.05, 3.63) is 70.4 Å². The second-order valence-electron chi connectivity index (χ2n) is 6.70. The van der Waals surface area contributed by atoms with Gasteiger partial charge >= 0.3 is 0 Å². The summed E-state index contributed by atoms with van der Waals surface area (Å²) < 4.78 is 17.4. The van der Waals surface area contributed by atoms with Crippen molar-refractivity contribution in [3.63, 3.8) is 0 Å². The zero-order valence-electron chi connectivity index (χ0n) is 17.0. The highest BCUT2D eigenvalue weighted by Gasteiger charge is 2.36. The van der Waals surface area contributed by atoms with E-state index >= 15 is 0 Å². The van der Waals surface area contributed by atoms with E-state index < -0.39 is 11.8 Å². The quantitative estimate of drug-likeness (QED) is 0.306. The van der Waals surface area contributed by atoms with Crippen LogP contribution in [0.2, 0.25) is 0 Å². The molecule has 1 N–H and O–H groups in total. The van der Waals surface area contributed by atoms with Gasteiger partial charge in [-0.3, -0.25) is 14.9 Å². The van der Waals surface area contributed by atoms with E-state index in [4.69, 9.17) is 26.1 Å². The fourth-order valence-electron chi connectivity index (χ4n) is 3.19. The van der Waals surface area contributed by atoms with E-state index in [0.717, 1.165) is 10.0 Å². The summed E-state index contributed by atoms with van der Waals surface area (Å²) in [6.45, 7) is 0. The van der Waals surface area contributed by atoms with Crippen molar-refractivity contribution < 1.29 is 23.5 Å². The van der Waals surface area contributed by atoms with Crippen LogP contribution >= 0.6 is 28.1 Å². The van der Waals surface area contributed by atoms with Gasteiger partial charge in [0.2, 0.25) is 0 Å². The van der Waals surface area contributed by atoms with Crippen LogP contribution in [0.3, 0.4) is 0 Å². The third kappa shape index (κ3) is 4.17. The van der Waals surface area contributed by atoms with Crippen molar-refractivity contribution in [1.82, 2.24) is 5.32 Å². The Morgan fingerprint density at radius 3 is 2.47 bits per heavy atom. The summed E-state index contributed by atoms with van der Waals surface area (Å²) in [6.07, 6.45) is 1.39. The second-order valence-corrected chi connectivity index (χ2v) is 8.01. The van der Waals surface area contributed by atoms with Crippen LogP contribution in [0.4, 0.5) is 5.69 Å². The van der Waals surface area contributed by atoms with Gasteiger partial charge in [-0.15, -0.1) is 0 Å². The maximum Gasteiger partial charge on any atom is 0.270 e. The number of amides is 2. The minimum absolute atomic E-state index is 0.0457. The molecule has 1 fully saturated rings. The highest BCUT2D eigenvalue weighted by atomic mass is 79.9. The van der Waals surface area contributed by atoms with Crippen LogP contribution < -0.4 is 19.7 Å². The number of thiocarbonyl (C=S) groups is 1. The number of furan rings is 1. The number of nitrogens with zero attached hydrogens (tertiary/aromatic N) is 1. The number of methoxy groups -OCH3 is 2. The molecule has 0 saturated carbocycles. The number of halogens is 1. The van der Waals surface area contributed by atoms with Crippen molar-refractivity contribution >= 4 is 56.8 Å². The molecule has 162 valence electrons. The van der Waals surface area contributed by atoms with Crippen molar-refractivity contribution in [2.45, 2.75) is 0 Å². The number of anilines is 1. The van der Waals surface area contributed by atoms with Crippen molar-refractivity contribution in [1.29, 1.82) is 0 Å². The van der Waals surface area contributed by atoms with Crippen LogP contribution in [-0.4, -0.2) is 31.1 Å². The van der Waals surface area contributed by atoms with E-state index in [1.165, 1.54) is 25.2 Å². The van der Waals surface area contributed by atoms with Gasteiger partial charge in [0.1, 0.15) is 28.6 Å². The third-order valence-electron chi connectivity index (χ3n) is 4.77. The highest BCUT2D eigenvalue weighted by molar-refractivity contribution is 9.10. The van der Waals surface area contributed by atoms with Gasteiger partial charge in [-0.1, -0.05) is 28.1 Å². The van der Waals surface area contributed by atoms with E-state index in [1.807, 2.05) is 24.3 Å². The van der Waals surface area contributed by atoms with Gasteiger partial charge in [-0.05, 0) is 54.7 Å². The van der Waals surface area contributed by atoms with Crippen molar-refractivity contribution in [3.8, 4) is 22.8 Å². The average Bonchev–Trinajstić information content (AvgIpc) is 3.26. The first-order chi connectivity index (χ1) is 15.4. The molecule has 0 radical (unpaired) electrons. The molecule has 7 nitrogen and oxygen atoms in total. The SMILES string of the molecule is COc1ccc(N2C(=O)/C(=C\c3ccc(-c4ccc(Br)cc4)o3)C(=O)NC2=S)c(OC)c1. The molecule has 1 saturated heterocycles. The molecule has 9 heteroatoms. The Labute approximate surface area is 197 Å². The lowest BCUT2D eigenvalue weighted by Crippen LogP contribution is -2.54. The van der Waals surface area contributed by atoms with Crippen LogP contribution in [0.1, 0.15) is 5.76 Å². The summed E-state index contributed by atoms with van der Waals surface area (Å²) in [5.74, 6) is 0.685.